The van der Waals surface area contributed by atoms with E-state index >= 15 is 0 Å². The molecule has 4 heteroatoms. The van der Waals surface area contributed by atoms with Crippen LogP contribution in [-0.4, -0.2) is 6.71 Å². The van der Waals surface area contributed by atoms with Crippen molar-refractivity contribution in [3.63, 3.8) is 0 Å². The first kappa shape index (κ1) is 49.9. The number of anilines is 9. The number of fused-ring (bicyclic) bond motifs is 8. The van der Waals surface area contributed by atoms with Gasteiger partial charge in [-0.05, 0) is 193 Å². The van der Waals surface area contributed by atoms with Gasteiger partial charge in [-0.3, -0.25) is 0 Å². The molecule has 384 valence electrons. The molecule has 2 aliphatic carbocycles. The molecule has 0 N–H and O–H groups in total. The number of para-hydroxylation sites is 2. The molecule has 7 aromatic carbocycles. The van der Waals surface area contributed by atoms with Crippen LogP contribution >= 0.6 is 0 Å². The van der Waals surface area contributed by atoms with Crippen LogP contribution in [-0.2, 0) is 37.9 Å². The Morgan fingerprint density at radius 1 is 0.373 bits per heavy atom. The number of nitrogens with zero attached hydrogens (tertiary/aromatic N) is 3. The van der Waals surface area contributed by atoms with Crippen molar-refractivity contribution < 1.29 is 0 Å². The summed E-state index contributed by atoms with van der Waals surface area (Å²) in [5, 5.41) is 0. The molecule has 0 atom stereocenters. The van der Waals surface area contributed by atoms with E-state index in [4.69, 9.17) is 0 Å². The molecule has 5 aliphatic rings. The Balaban J connectivity index is 1.28. The van der Waals surface area contributed by atoms with Crippen LogP contribution in [0.25, 0.3) is 0 Å². The lowest BCUT2D eigenvalue weighted by molar-refractivity contribution is 0.332. The normalized spacial score (nSPS) is 19.0. The number of hydrogen-bond donors (Lipinski definition) is 0. The molecule has 0 aromatic heterocycles. The van der Waals surface area contributed by atoms with Crippen molar-refractivity contribution >= 4 is 74.3 Å². The van der Waals surface area contributed by atoms with Crippen molar-refractivity contribution in [2.24, 2.45) is 0 Å². The van der Waals surface area contributed by atoms with Gasteiger partial charge in [0.1, 0.15) is 0 Å². The van der Waals surface area contributed by atoms with Crippen molar-refractivity contribution in [3.8, 4) is 0 Å². The Morgan fingerprint density at radius 2 is 0.760 bits per heavy atom. The maximum Gasteiger partial charge on any atom is 0.252 e. The standard InChI is InChI=1S/C71H82BN3/c1-43-35-46(66(6,7)8)36-44(2)64(43)75-60-42-54-52(68(11,12)32-34-70(54,15)16)40-56(60)72-55-39-51-53(69(13,14)33-31-67(51,9)10)41-59(55)73(47-29-27-45(28-30-47)65(3,4)5)61-37-48(38-62(75)63(61)72)74-57-25-21-19-23-49(57)71(17,18)50-24-20-22-26-58(50)74/h19-30,35-42H,31-34H2,1-18H3. The lowest BCUT2D eigenvalue weighted by atomic mass is 9.32. The highest BCUT2D eigenvalue weighted by atomic mass is 15.2. The van der Waals surface area contributed by atoms with Gasteiger partial charge in [-0.25, -0.2) is 0 Å². The van der Waals surface area contributed by atoms with E-state index in [9.17, 15) is 0 Å². The van der Waals surface area contributed by atoms with E-state index in [1.807, 2.05) is 0 Å². The van der Waals surface area contributed by atoms with Crippen LogP contribution in [0.5, 0.6) is 0 Å². The molecule has 3 nitrogen and oxygen atoms in total. The summed E-state index contributed by atoms with van der Waals surface area (Å²) in [7, 11) is 0. The summed E-state index contributed by atoms with van der Waals surface area (Å²) in [5.41, 5.74) is 29.5. The predicted octanol–water partition coefficient (Wildman–Crippen LogP) is 17.8. The van der Waals surface area contributed by atoms with E-state index in [1.165, 1.54) is 136 Å². The SMILES string of the molecule is Cc1cc(C(C)(C)C)cc(C)c1N1c2cc3c(cc2B2c4cc5c(cc4N(c4ccc(C(C)(C)C)cc4)c4cc(N6c7ccccc7C(C)(C)c7ccccc76)cc1c42)C(C)(C)CCC5(C)C)C(C)(C)CCC3(C)C. The first-order valence-corrected chi connectivity index (χ1v) is 28.4. The summed E-state index contributed by atoms with van der Waals surface area (Å²) in [5.74, 6) is 0. The van der Waals surface area contributed by atoms with Crippen molar-refractivity contribution in [1.82, 2.24) is 0 Å². The zero-order valence-corrected chi connectivity index (χ0v) is 48.8. The molecule has 0 unspecified atom stereocenters. The van der Waals surface area contributed by atoms with Gasteiger partial charge in [0.15, 0.2) is 0 Å². The van der Waals surface area contributed by atoms with Crippen LogP contribution < -0.4 is 31.1 Å². The molecular formula is C71H82BN3. The minimum atomic E-state index is -0.190. The predicted molar refractivity (Wildman–Crippen MR) is 325 cm³/mol. The van der Waals surface area contributed by atoms with Crippen LogP contribution in [0.3, 0.4) is 0 Å². The molecule has 12 rings (SSSR count). The van der Waals surface area contributed by atoms with Crippen molar-refractivity contribution in [1.29, 1.82) is 0 Å². The second-order valence-electron chi connectivity index (χ2n) is 29.0. The highest BCUT2D eigenvalue weighted by Gasteiger charge is 2.50. The summed E-state index contributed by atoms with van der Waals surface area (Å²) in [6, 6.07) is 49.0. The second kappa shape index (κ2) is 16.0. The molecule has 75 heavy (non-hydrogen) atoms. The third-order valence-corrected chi connectivity index (χ3v) is 19.5. The molecule has 0 amide bonds. The van der Waals surface area contributed by atoms with E-state index in [0.29, 0.717) is 0 Å². The Labute approximate surface area is 451 Å². The van der Waals surface area contributed by atoms with Crippen molar-refractivity contribution in [2.75, 3.05) is 14.7 Å². The summed E-state index contributed by atoms with van der Waals surface area (Å²) in [4.78, 5) is 8.05. The summed E-state index contributed by atoms with van der Waals surface area (Å²) < 4.78 is 0. The quantitative estimate of drug-likeness (QED) is 0.163. The van der Waals surface area contributed by atoms with Crippen LogP contribution in [0.15, 0.2) is 121 Å². The molecule has 0 radical (unpaired) electrons. The van der Waals surface area contributed by atoms with Crippen molar-refractivity contribution in [2.45, 2.75) is 188 Å². The minimum absolute atomic E-state index is 0.00373. The summed E-state index contributed by atoms with van der Waals surface area (Å²) >= 11 is 0. The maximum absolute atomic E-state index is 2.76. The second-order valence-corrected chi connectivity index (χ2v) is 29.0. The average molecular weight is 988 g/mol. The highest BCUT2D eigenvalue weighted by Crippen LogP contribution is 2.57. The van der Waals surface area contributed by atoms with E-state index in [0.717, 1.165) is 12.8 Å². The third-order valence-electron chi connectivity index (χ3n) is 19.5. The molecule has 0 bridgehead atoms. The maximum atomic E-state index is 2.76. The van der Waals surface area contributed by atoms with Crippen LogP contribution in [0, 0.1) is 13.8 Å². The Morgan fingerprint density at radius 3 is 1.20 bits per heavy atom. The van der Waals surface area contributed by atoms with E-state index in [-0.39, 0.29) is 44.6 Å². The largest absolute Gasteiger partial charge is 0.311 e. The fraction of sp³-hybridized carbons (Fsp3) is 0.408. The van der Waals surface area contributed by atoms with E-state index in [1.54, 1.807) is 0 Å². The number of benzene rings is 7. The lowest BCUT2D eigenvalue weighted by Gasteiger charge is -2.49. The molecule has 0 saturated carbocycles. The van der Waals surface area contributed by atoms with Crippen LogP contribution in [0.4, 0.5) is 51.2 Å². The smallest absolute Gasteiger partial charge is 0.252 e. The van der Waals surface area contributed by atoms with Gasteiger partial charge in [0.2, 0.25) is 0 Å². The van der Waals surface area contributed by atoms with Gasteiger partial charge in [-0.2, -0.15) is 0 Å². The van der Waals surface area contributed by atoms with Gasteiger partial charge in [0.05, 0.1) is 22.7 Å². The lowest BCUT2D eigenvalue weighted by Crippen LogP contribution is -2.62. The van der Waals surface area contributed by atoms with Gasteiger partial charge in [-0.15, -0.1) is 0 Å². The van der Waals surface area contributed by atoms with Gasteiger partial charge < -0.3 is 14.7 Å². The Hall–Kier alpha value is -6.00. The molecular weight excluding hydrogens is 906 g/mol. The summed E-state index contributed by atoms with van der Waals surface area (Å²) in [6.45, 7) is 43.6. The fourth-order valence-corrected chi connectivity index (χ4v) is 14.5. The third kappa shape index (κ3) is 7.41. The number of hydrogen-bond acceptors (Lipinski definition) is 3. The number of aryl methyl sites for hydroxylation is 2. The van der Waals surface area contributed by atoms with E-state index < -0.39 is 0 Å². The zero-order valence-electron chi connectivity index (χ0n) is 48.8. The van der Waals surface area contributed by atoms with Crippen LogP contribution in [0.2, 0.25) is 0 Å². The Bertz CT molecular complexity index is 3460. The average Bonchev–Trinajstić information content (AvgIpc) is 3.35. The van der Waals surface area contributed by atoms with Gasteiger partial charge in [0.25, 0.3) is 6.71 Å². The van der Waals surface area contributed by atoms with Gasteiger partial charge >= 0.3 is 0 Å². The summed E-state index contributed by atoms with van der Waals surface area (Å²) in [6.07, 6.45) is 4.65. The first-order chi connectivity index (χ1) is 35.0. The molecule has 0 spiro atoms. The van der Waals surface area contributed by atoms with Crippen LogP contribution in [0.1, 0.15) is 192 Å². The van der Waals surface area contributed by atoms with E-state index in [2.05, 4.69) is 261 Å². The molecule has 3 aliphatic heterocycles. The molecule has 0 fully saturated rings. The van der Waals surface area contributed by atoms with Gasteiger partial charge in [-0.1, -0.05) is 184 Å². The molecule has 3 heterocycles. The van der Waals surface area contributed by atoms with Crippen molar-refractivity contribution in [3.05, 3.63) is 177 Å². The topological polar surface area (TPSA) is 9.72 Å². The highest BCUT2D eigenvalue weighted by molar-refractivity contribution is 7.00. The first-order valence-electron chi connectivity index (χ1n) is 28.4. The molecule has 0 saturated heterocycles. The molecule has 7 aromatic rings. The number of rotatable bonds is 3. The Kier molecular flexibility index (Phi) is 10.7. The zero-order chi connectivity index (χ0) is 53.5. The fourth-order valence-electron chi connectivity index (χ4n) is 14.5. The van der Waals surface area contributed by atoms with Gasteiger partial charge in [0, 0.05) is 33.9 Å². The monoisotopic (exact) mass is 988 g/mol. The minimum Gasteiger partial charge on any atom is -0.311 e.